The fraction of sp³-hybridized carbons (Fsp3) is 0. The monoisotopic (exact) mass is 192 g/mol. The van der Waals surface area contributed by atoms with E-state index >= 15 is 0 Å². The van der Waals surface area contributed by atoms with Crippen molar-refractivity contribution >= 4 is 14.1 Å². The summed E-state index contributed by atoms with van der Waals surface area (Å²) in [6, 6.07) is 1.57. The molecule has 0 amide bonds. The van der Waals surface area contributed by atoms with Crippen molar-refractivity contribution in [2.24, 2.45) is 0 Å². The highest BCUT2D eigenvalue weighted by atomic mass is 31.1. The van der Waals surface area contributed by atoms with Crippen molar-refractivity contribution in [3.8, 4) is 0 Å². The fourth-order valence-corrected chi connectivity index (χ4v) is 0.416. The Hall–Kier alpha value is -1.30. The van der Waals surface area contributed by atoms with Crippen LogP contribution in [0.4, 0.5) is 5.82 Å². The summed E-state index contributed by atoms with van der Waals surface area (Å²) >= 11 is 0. The summed E-state index contributed by atoms with van der Waals surface area (Å²) in [7, 11) is -3.12. The van der Waals surface area contributed by atoms with E-state index in [-0.39, 0.29) is 5.69 Å². The highest BCUT2D eigenvalue weighted by Crippen LogP contribution is 1.89. The molecule has 66 valence electrons. The van der Waals surface area contributed by atoms with E-state index < -0.39 is 8.25 Å². The van der Waals surface area contributed by atoms with Gasteiger partial charge in [-0.1, -0.05) is 0 Å². The lowest BCUT2D eigenvalue weighted by Crippen LogP contribution is -2.28. The zero-order valence-corrected chi connectivity index (χ0v) is 6.75. The number of aromatic amines is 2. The summed E-state index contributed by atoms with van der Waals surface area (Å²) in [6.45, 7) is 0. The summed E-state index contributed by atoms with van der Waals surface area (Å²) in [6.07, 6.45) is 1.48. The molecule has 0 radical (unpaired) electrons. The maximum Gasteiger partial charge on any atom is 0.495 e. The Kier molecular flexibility index (Phi) is 4.78. The average molecular weight is 192 g/mol. The number of nitrogens with two attached hydrogens (primary N) is 1. The lowest BCUT2D eigenvalue weighted by Gasteiger charge is -1.77. The highest BCUT2D eigenvalue weighted by molar-refractivity contribution is 7.29. The number of nitrogens with one attached hydrogen (secondary N) is 2. The zero-order chi connectivity index (χ0) is 9.56. The quantitative estimate of drug-likeness (QED) is 0.400. The van der Waals surface area contributed by atoms with Gasteiger partial charge in [-0.2, -0.15) is 14.7 Å². The van der Waals surface area contributed by atoms with Gasteiger partial charge < -0.3 is 10.6 Å². The van der Waals surface area contributed by atoms with Crippen LogP contribution in [0.3, 0.4) is 0 Å². The van der Waals surface area contributed by atoms with Gasteiger partial charge in [-0.05, 0) is 4.57 Å². The van der Waals surface area contributed by atoms with Crippen molar-refractivity contribution in [1.82, 2.24) is 4.98 Å². The van der Waals surface area contributed by atoms with E-state index in [1.54, 1.807) is 6.07 Å². The molecule has 8 heteroatoms. The molecule has 1 unspecified atom stereocenters. The number of rotatable bonds is 0. The SMILES string of the molecule is Nc1cc[nH+]c(=O)[nH]1.O=[P+]([O-])O. The molecule has 0 saturated carbocycles. The summed E-state index contributed by atoms with van der Waals surface area (Å²) in [5, 5.41) is 0. The topological polar surface area (TPSA) is 133 Å². The standard InChI is InChI=1S/C4H5N3O.HO3P/c5-3-1-2-6-4(8)7-3;1-4(2)3/h1-2H,(H3,5,6,7,8);(H,1,2,3)/p+1. The molecule has 0 aliphatic rings. The van der Waals surface area contributed by atoms with Gasteiger partial charge in [0.15, 0.2) is 5.82 Å². The van der Waals surface area contributed by atoms with Gasteiger partial charge in [0, 0.05) is 6.07 Å². The van der Waals surface area contributed by atoms with E-state index in [2.05, 4.69) is 9.97 Å². The van der Waals surface area contributed by atoms with Crippen LogP contribution in [0.15, 0.2) is 17.1 Å². The van der Waals surface area contributed by atoms with Crippen LogP contribution in [-0.2, 0) is 4.57 Å². The second kappa shape index (κ2) is 5.36. The van der Waals surface area contributed by atoms with Gasteiger partial charge in [-0.3, -0.25) is 0 Å². The molecule has 0 aliphatic heterocycles. The molecule has 0 aliphatic carbocycles. The third-order valence-electron chi connectivity index (χ3n) is 0.735. The number of hydrogen-bond acceptors (Lipinski definition) is 4. The molecule has 0 bridgehead atoms. The highest BCUT2D eigenvalue weighted by Gasteiger charge is 1.89. The zero-order valence-electron chi connectivity index (χ0n) is 5.85. The van der Waals surface area contributed by atoms with E-state index in [0.717, 1.165) is 0 Å². The van der Waals surface area contributed by atoms with E-state index in [0.29, 0.717) is 5.82 Å². The number of H-pyrrole nitrogens is 2. The van der Waals surface area contributed by atoms with Gasteiger partial charge in [0.05, 0.1) is 6.20 Å². The molecular weight excluding hydrogens is 185 g/mol. The Labute approximate surface area is 67.8 Å². The number of nitrogen functional groups attached to an aromatic ring is 1. The molecule has 0 saturated heterocycles. The van der Waals surface area contributed by atoms with Crippen molar-refractivity contribution in [2.75, 3.05) is 5.73 Å². The minimum absolute atomic E-state index is 0.287. The molecule has 0 aromatic carbocycles. The predicted molar refractivity (Wildman–Crippen MR) is 37.9 cm³/mol. The van der Waals surface area contributed by atoms with Crippen LogP contribution in [0.25, 0.3) is 0 Å². The maximum absolute atomic E-state index is 10.3. The van der Waals surface area contributed by atoms with Gasteiger partial charge in [0.25, 0.3) is 0 Å². The third-order valence-corrected chi connectivity index (χ3v) is 0.735. The van der Waals surface area contributed by atoms with Crippen LogP contribution in [-0.4, -0.2) is 9.88 Å². The van der Waals surface area contributed by atoms with Crippen molar-refractivity contribution in [3.05, 3.63) is 22.7 Å². The minimum Gasteiger partial charge on any atom is -0.567 e. The Balaban J connectivity index is 0.000000261. The van der Waals surface area contributed by atoms with Crippen LogP contribution in [0, 0.1) is 0 Å². The third kappa shape index (κ3) is 6.81. The summed E-state index contributed by atoms with van der Waals surface area (Å²) in [5.74, 6) is 0.369. The van der Waals surface area contributed by atoms with E-state index in [9.17, 15) is 4.79 Å². The normalized spacial score (nSPS) is 9.67. The molecule has 5 N–H and O–H groups in total. The van der Waals surface area contributed by atoms with Gasteiger partial charge in [0.1, 0.15) is 0 Å². The molecule has 7 nitrogen and oxygen atoms in total. The van der Waals surface area contributed by atoms with Crippen LogP contribution in [0.5, 0.6) is 0 Å². The average Bonchev–Trinajstić information content (AvgIpc) is 1.84. The first-order valence-corrected chi connectivity index (χ1v) is 3.85. The molecule has 1 heterocycles. The summed E-state index contributed by atoms with van der Waals surface area (Å²) in [4.78, 5) is 30.6. The van der Waals surface area contributed by atoms with E-state index in [1.165, 1.54) is 6.20 Å². The molecule has 1 aromatic heterocycles. The first-order chi connectivity index (χ1) is 5.52. The summed E-state index contributed by atoms with van der Waals surface area (Å²) in [5.41, 5.74) is 4.90. The second-order valence-electron chi connectivity index (χ2n) is 1.62. The Morgan fingerprint density at radius 1 is 1.75 bits per heavy atom. The van der Waals surface area contributed by atoms with Crippen LogP contribution < -0.4 is 21.3 Å². The van der Waals surface area contributed by atoms with Gasteiger partial charge in [-0.15, -0.1) is 0 Å². The first kappa shape index (κ1) is 10.7. The van der Waals surface area contributed by atoms with Crippen molar-refractivity contribution in [2.45, 2.75) is 0 Å². The van der Waals surface area contributed by atoms with Crippen molar-refractivity contribution < 1.29 is 19.3 Å². The van der Waals surface area contributed by atoms with E-state index in [1.807, 2.05) is 0 Å². The lowest BCUT2D eigenvalue weighted by atomic mass is 10.6. The molecule has 12 heavy (non-hydrogen) atoms. The maximum atomic E-state index is 10.3. The molecule has 0 spiro atoms. The first-order valence-electron chi connectivity index (χ1n) is 2.72. The fourth-order valence-electron chi connectivity index (χ4n) is 0.416. The van der Waals surface area contributed by atoms with Crippen LogP contribution in [0.2, 0.25) is 0 Å². The second-order valence-corrected chi connectivity index (χ2v) is 2.10. The minimum atomic E-state index is -3.12. The molecule has 1 rings (SSSR count). The molecule has 1 atom stereocenters. The molecule has 0 fully saturated rings. The largest absolute Gasteiger partial charge is 0.567 e. The van der Waals surface area contributed by atoms with Crippen LogP contribution >= 0.6 is 8.25 Å². The predicted octanol–water partition coefficient (Wildman–Crippen LogP) is -2.23. The van der Waals surface area contributed by atoms with Gasteiger partial charge in [0.2, 0.25) is 0 Å². The number of hydrogen-bond donors (Lipinski definition) is 3. The summed E-state index contributed by atoms with van der Waals surface area (Å²) < 4.78 is 8.59. The Bertz CT molecular complexity index is 307. The Morgan fingerprint density at radius 3 is 2.50 bits per heavy atom. The van der Waals surface area contributed by atoms with Crippen molar-refractivity contribution in [1.29, 1.82) is 0 Å². The van der Waals surface area contributed by atoms with Crippen LogP contribution in [0.1, 0.15) is 0 Å². The number of anilines is 1. The van der Waals surface area contributed by atoms with E-state index in [4.69, 9.17) is 20.1 Å². The smallest absolute Gasteiger partial charge is 0.495 e. The number of aromatic nitrogens is 2. The molecule has 1 aromatic rings. The molecular formula is C4H7N3O4P+. The van der Waals surface area contributed by atoms with Gasteiger partial charge in [-0.25, -0.2) is 4.98 Å². The van der Waals surface area contributed by atoms with Crippen molar-refractivity contribution in [3.63, 3.8) is 0 Å². The lowest BCUT2D eigenvalue weighted by molar-refractivity contribution is -0.402. The Morgan fingerprint density at radius 2 is 2.25 bits per heavy atom. The van der Waals surface area contributed by atoms with Gasteiger partial charge >= 0.3 is 13.9 Å².